The van der Waals surface area contributed by atoms with Crippen LogP contribution < -0.4 is 5.73 Å². The van der Waals surface area contributed by atoms with Crippen LogP contribution in [0.1, 0.15) is 37.0 Å². The quantitative estimate of drug-likeness (QED) is 0.793. The summed E-state index contributed by atoms with van der Waals surface area (Å²) >= 11 is 0. The molecule has 0 unspecified atom stereocenters. The van der Waals surface area contributed by atoms with E-state index in [2.05, 4.69) is 22.1 Å². The molecule has 0 amide bonds. The minimum absolute atomic E-state index is 0.323. The predicted molar refractivity (Wildman–Crippen MR) is 56.3 cm³/mol. The number of nitrogens with zero attached hydrogens (tertiary/aromatic N) is 3. The molecule has 0 aliphatic carbocycles. The smallest absolute Gasteiger partial charge is 0.243 e. The van der Waals surface area contributed by atoms with Crippen LogP contribution >= 0.6 is 0 Å². The second-order valence-corrected chi connectivity index (χ2v) is 4.08. The van der Waals surface area contributed by atoms with Crippen LogP contribution in [0.15, 0.2) is 4.52 Å². The zero-order chi connectivity index (χ0) is 10.7. The fourth-order valence-corrected chi connectivity index (χ4v) is 1.99. The third-order valence-electron chi connectivity index (χ3n) is 2.89. The lowest BCUT2D eigenvalue weighted by Gasteiger charge is -2.14. The van der Waals surface area contributed by atoms with Crippen molar-refractivity contribution in [3.8, 4) is 0 Å². The Morgan fingerprint density at radius 3 is 3.13 bits per heavy atom. The number of hydrogen-bond donors (Lipinski definition) is 1. The monoisotopic (exact) mass is 210 g/mol. The summed E-state index contributed by atoms with van der Waals surface area (Å²) in [6.45, 7) is 1.79. The van der Waals surface area contributed by atoms with E-state index < -0.39 is 0 Å². The Balaban J connectivity index is 1.99. The van der Waals surface area contributed by atoms with Gasteiger partial charge in [-0.05, 0) is 39.4 Å². The van der Waals surface area contributed by atoms with Gasteiger partial charge in [0.05, 0.1) is 6.04 Å². The molecule has 15 heavy (non-hydrogen) atoms. The van der Waals surface area contributed by atoms with Crippen LogP contribution in [0.2, 0.25) is 0 Å². The minimum Gasteiger partial charge on any atom is -0.338 e. The highest BCUT2D eigenvalue weighted by Gasteiger charge is 2.27. The highest BCUT2D eigenvalue weighted by molar-refractivity contribution is 4.96. The van der Waals surface area contributed by atoms with Crippen molar-refractivity contribution in [2.24, 2.45) is 5.73 Å². The molecule has 5 nitrogen and oxygen atoms in total. The second-order valence-electron chi connectivity index (χ2n) is 4.08. The summed E-state index contributed by atoms with van der Waals surface area (Å²) < 4.78 is 5.27. The Hall–Kier alpha value is -0.940. The van der Waals surface area contributed by atoms with Crippen LogP contribution in [0, 0.1) is 0 Å². The fraction of sp³-hybridized carbons (Fsp3) is 0.800. The van der Waals surface area contributed by atoms with Crippen LogP contribution in [-0.4, -0.2) is 35.2 Å². The van der Waals surface area contributed by atoms with E-state index in [-0.39, 0.29) is 0 Å². The van der Waals surface area contributed by atoms with E-state index in [9.17, 15) is 0 Å². The SMILES string of the molecule is CN1CCC[C@@H]1c1nc(CCCN)no1. The lowest BCUT2D eigenvalue weighted by molar-refractivity contribution is 0.244. The number of rotatable bonds is 4. The van der Waals surface area contributed by atoms with Crippen LogP contribution in [0.25, 0.3) is 0 Å². The Labute approximate surface area is 89.6 Å². The third-order valence-corrected chi connectivity index (χ3v) is 2.89. The molecule has 1 aliphatic rings. The third kappa shape index (κ3) is 2.35. The fourth-order valence-electron chi connectivity index (χ4n) is 1.99. The van der Waals surface area contributed by atoms with E-state index >= 15 is 0 Å². The zero-order valence-electron chi connectivity index (χ0n) is 9.15. The van der Waals surface area contributed by atoms with Gasteiger partial charge < -0.3 is 10.3 Å². The lowest BCUT2D eigenvalue weighted by atomic mass is 10.2. The van der Waals surface area contributed by atoms with Crippen LogP contribution in [0.5, 0.6) is 0 Å². The number of likely N-dealkylation sites (tertiary alicyclic amines) is 1. The maximum absolute atomic E-state index is 5.43. The van der Waals surface area contributed by atoms with Crippen molar-refractivity contribution >= 4 is 0 Å². The van der Waals surface area contributed by atoms with E-state index in [4.69, 9.17) is 10.3 Å². The Kier molecular flexibility index (Phi) is 3.33. The van der Waals surface area contributed by atoms with Gasteiger partial charge >= 0.3 is 0 Å². The van der Waals surface area contributed by atoms with Crippen LogP contribution in [-0.2, 0) is 6.42 Å². The first kappa shape index (κ1) is 10.6. The average molecular weight is 210 g/mol. The van der Waals surface area contributed by atoms with Gasteiger partial charge in [0.1, 0.15) is 0 Å². The summed E-state index contributed by atoms with van der Waals surface area (Å²) in [6.07, 6.45) is 4.06. The van der Waals surface area contributed by atoms with Crippen molar-refractivity contribution in [2.45, 2.75) is 31.7 Å². The van der Waals surface area contributed by atoms with Gasteiger partial charge in [0.2, 0.25) is 5.89 Å². The summed E-state index contributed by atoms with van der Waals surface area (Å²) in [4.78, 5) is 6.67. The summed E-state index contributed by atoms with van der Waals surface area (Å²) in [5, 5.41) is 3.96. The summed E-state index contributed by atoms with van der Waals surface area (Å²) in [7, 11) is 2.10. The first-order chi connectivity index (χ1) is 7.31. The van der Waals surface area contributed by atoms with Crippen molar-refractivity contribution in [2.75, 3.05) is 20.1 Å². The number of hydrogen-bond acceptors (Lipinski definition) is 5. The van der Waals surface area contributed by atoms with Gasteiger partial charge in [-0.15, -0.1) is 0 Å². The topological polar surface area (TPSA) is 68.2 Å². The summed E-state index contributed by atoms with van der Waals surface area (Å²) in [5.74, 6) is 1.55. The second kappa shape index (κ2) is 4.72. The molecule has 0 aromatic carbocycles. The van der Waals surface area contributed by atoms with E-state index in [1.54, 1.807) is 0 Å². The molecule has 1 saturated heterocycles. The van der Waals surface area contributed by atoms with Crippen molar-refractivity contribution in [3.05, 3.63) is 11.7 Å². The van der Waals surface area contributed by atoms with Gasteiger partial charge in [-0.2, -0.15) is 4.98 Å². The van der Waals surface area contributed by atoms with E-state index in [0.717, 1.165) is 37.5 Å². The molecule has 5 heteroatoms. The Bertz CT molecular complexity index is 312. The molecule has 0 saturated carbocycles. The molecule has 0 spiro atoms. The van der Waals surface area contributed by atoms with Crippen molar-refractivity contribution in [3.63, 3.8) is 0 Å². The van der Waals surface area contributed by atoms with Gasteiger partial charge in [0.15, 0.2) is 5.82 Å². The van der Waals surface area contributed by atoms with Crippen LogP contribution in [0.4, 0.5) is 0 Å². The van der Waals surface area contributed by atoms with Gasteiger partial charge in [-0.3, -0.25) is 4.90 Å². The molecule has 1 fully saturated rings. The molecule has 2 N–H and O–H groups in total. The standard InChI is InChI=1S/C10H18N4O/c1-14-7-3-4-8(14)10-12-9(13-15-10)5-2-6-11/h8H,2-7,11H2,1H3/t8-/m1/s1. The van der Waals surface area contributed by atoms with E-state index in [1.165, 1.54) is 6.42 Å². The first-order valence-corrected chi connectivity index (χ1v) is 5.54. The highest BCUT2D eigenvalue weighted by Crippen LogP contribution is 2.28. The molecule has 2 rings (SSSR count). The molecule has 0 bridgehead atoms. The van der Waals surface area contributed by atoms with E-state index in [1.807, 2.05) is 0 Å². The summed E-state index contributed by atoms with van der Waals surface area (Å²) in [5.41, 5.74) is 5.43. The Morgan fingerprint density at radius 2 is 2.47 bits per heavy atom. The largest absolute Gasteiger partial charge is 0.338 e. The van der Waals surface area contributed by atoms with Crippen molar-refractivity contribution < 1.29 is 4.52 Å². The molecule has 1 atom stereocenters. The molecular formula is C10H18N4O. The Morgan fingerprint density at radius 1 is 1.60 bits per heavy atom. The van der Waals surface area contributed by atoms with Crippen molar-refractivity contribution in [1.82, 2.24) is 15.0 Å². The van der Waals surface area contributed by atoms with Crippen molar-refractivity contribution in [1.29, 1.82) is 0 Å². The van der Waals surface area contributed by atoms with E-state index in [0.29, 0.717) is 12.6 Å². The van der Waals surface area contributed by atoms with Gasteiger partial charge in [0.25, 0.3) is 0 Å². The van der Waals surface area contributed by atoms with Gasteiger partial charge in [0, 0.05) is 6.42 Å². The zero-order valence-corrected chi connectivity index (χ0v) is 9.15. The molecule has 1 aromatic rings. The average Bonchev–Trinajstić information content (AvgIpc) is 2.83. The maximum atomic E-state index is 5.43. The minimum atomic E-state index is 0.323. The number of nitrogens with two attached hydrogens (primary N) is 1. The lowest BCUT2D eigenvalue weighted by Crippen LogP contribution is -2.17. The molecule has 1 aromatic heterocycles. The first-order valence-electron chi connectivity index (χ1n) is 5.54. The number of aromatic nitrogens is 2. The van der Waals surface area contributed by atoms with Crippen LogP contribution in [0.3, 0.4) is 0 Å². The highest BCUT2D eigenvalue weighted by atomic mass is 16.5. The predicted octanol–water partition coefficient (Wildman–Crippen LogP) is 0.728. The van der Waals surface area contributed by atoms with Gasteiger partial charge in [-0.1, -0.05) is 5.16 Å². The summed E-state index contributed by atoms with van der Waals surface area (Å²) in [6, 6.07) is 0.323. The molecule has 84 valence electrons. The molecule has 1 aliphatic heterocycles. The molecular weight excluding hydrogens is 192 g/mol. The number of aryl methyl sites for hydroxylation is 1. The normalized spacial score (nSPS) is 22.4. The van der Waals surface area contributed by atoms with Gasteiger partial charge in [-0.25, -0.2) is 0 Å². The molecule has 2 heterocycles. The maximum Gasteiger partial charge on any atom is 0.243 e. The molecule has 0 radical (unpaired) electrons.